The first kappa shape index (κ1) is 12.6. The van der Waals surface area contributed by atoms with E-state index in [1.165, 1.54) is 0 Å². The summed E-state index contributed by atoms with van der Waals surface area (Å²) in [4.78, 5) is 0. The quantitative estimate of drug-likeness (QED) is 0.406. The molecular weight excluding hydrogens is 287 g/mol. The molecule has 0 aromatic carbocycles. The molecule has 0 amide bonds. The minimum atomic E-state index is -3.16. The molecule has 11 heteroatoms. The molecule has 0 bridgehead atoms. The Morgan fingerprint density at radius 3 is 1.53 bits per heavy atom. The molecule has 1 aliphatic heterocycles. The fraction of sp³-hybridized carbons (Fsp3) is 0.250. The molecule has 0 aliphatic carbocycles. The van der Waals surface area contributed by atoms with E-state index in [1.807, 2.05) is 17.1 Å². The Morgan fingerprint density at radius 2 is 1.27 bits per heavy atom. The number of nitrogens with one attached hydrogen (secondary N) is 3. The summed E-state index contributed by atoms with van der Waals surface area (Å²) in [7, 11) is -9.09. The molecule has 0 radical (unpaired) electrons. The van der Waals surface area contributed by atoms with Crippen LogP contribution in [0.2, 0.25) is 6.55 Å². The molecule has 1 rings (SSSR count). The van der Waals surface area contributed by atoms with Crippen molar-refractivity contribution in [1.29, 1.82) is 15.8 Å². The normalized spacial score (nSPS) is 44.8. The van der Waals surface area contributed by atoms with Gasteiger partial charge in [0.05, 0.1) is 17.1 Å². The second kappa shape index (κ2) is 3.87. The van der Waals surface area contributed by atoms with Gasteiger partial charge < -0.3 is 9.30 Å². The fourth-order valence-electron chi connectivity index (χ4n) is 1.19. The summed E-state index contributed by atoms with van der Waals surface area (Å²) in [6.07, 6.45) is 0. The van der Waals surface area contributed by atoms with Crippen LogP contribution in [0.25, 0.3) is 0 Å². The van der Waals surface area contributed by atoms with Gasteiger partial charge in [-0.25, -0.2) is 15.8 Å². The van der Waals surface area contributed by atoms with Gasteiger partial charge in [-0.3, -0.25) is 4.65 Å². The fourth-order valence-corrected chi connectivity index (χ4v) is 18.8. The number of nitrogens with zero attached hydrogens (tertiary/aromatic N) is 3. The third-order valence-corrected chi connectivity index (χ3v) is 16.2. The third-order valence-electron chi connectivity index (χ3n) is 1.72. The molecule has 0 saturated carbocycles. The Hall–Kier alpha value is -0.419. The first-order valence-corrected chi connectivity index (χ1v) is 12.3. The van der Waals surface area contributed by atoms with Crippen LogP contribution in [0.4, 0.5) is 0 Å². The van der Waals surface area contributed by atoms with Gasteiger partial charge in [-0.1, -0.05) is 0 Å². The van der Waals surface area contributed by atoms with Crippen molar-refractivity contribution in [3.8, 4) is 17.1 Å². The molecule has 0 aromatic heterocycles. The average molecular weight is 293 g/mol. The summed E-state index contributed by atoms with van der Waals surface area (Å²) in [6.45, 7) is 1.62. The van der Waals surface area contributed by atoms with Crippen molar-refractivity contribution in [1.82, 2.24) is 13.9 Å². The smallest absolute Gasteiger partial charge is 0.301 e. The van der Waals surface area contributed by atoms with E-state index in [-0.39, 0.29) is 0 Å². The van der Waals surface area contributed by atoms with Crippen LogP contribution in [-0.4, -0.2) is 23.8 Å². The number of rotatable bonds is 0. The van der Waals surface area contributed by atoms with E-state index in [0.29, 0.717) is 0 Å². The van der Waals surface area contributed by atoms with Gasteiger partial charge >= 0.3 is 23.8 Å². The molecule has 2 atom stereocenters. The van der Waals surface area contributed by atoms with E-state index in [9.17, 15) is 0 Å². The molecule has 15 heavy (non-hydrogen) atoms. The van der Waals surface area contributed by atoms with Gasteiger partial charge in [-0.2, -0.15) is 0 Å². The Kier molecular flexibility index (Phi) is 3.26. The molecule has 78 valence electrons. The zero-order valence-electron chi connectivity index (χ0n) is 7.60. The summed E-state index contributed by atoms with van der Waals surface area (Å²) in [5.41, 5.74) is 5.80. The number of halogens is 2. The summed E-state index contributed by atoms with van der Waals surface area (Å²) >= 11 is 12.0. The van der Waals surface area contributed by atoms with Gasteiger partial charge in [-0.05, 0) is 6.55 Å². The highest BCUT2D eigenvalue weighted by Crippen LogP contribution is 2.16. The van der Waals surface area contributed by atoms with Gasteiger partial charge in [0, 0.05) is 0 Å². The Balaban J connectivity index is 3.13. The topological polar surface area (TPSA) is 107 Å². The van der Waals surface area contributed by atoms with Crippen molar-refractivity contribution in [2.45, 2.75) is 6.55 Å². The van der Waals surface area contributed by atoms with Crippen LogP contribution in [0.15, 0.2) is 0 Å². The summed E-state index contributed by atoms with van der Waals surface area (Å²) < 4.78 is 8.23. The van der Waals surface area contributed by atoms with E-state index < -0.39 is 23.8 Å². The van der Waals surface area contributed by atoms with Gasteiger partial charge in [-0.15, -0.1) is 22.2 Å². The molecule has 1 fully saturated rings. The first-order chi connectivity index (χ1) is 6.80. The SMILES string of the molecule is C[Si]1(C#N)N[Si](Cl)(C#N)N[Si](Cl)(C#N)N1. The second-order valence-electron chi connectivity index (χ2n) is 3.15. The largest absolute Gasteiger partial charge is 0.406 e. The maximum absolute atomic E-state index is 8.97. The zero-order chi connectivity index (χ0) is 11.7. The van der Waals surface area contributed by atoms with Crippen LogP contribution in [0.3, 0.4) is 0 Å². The third kappa shape index (κ3) is 2.58. The predicted octanol–water partition coefficient (Wildman–Crippen LogP) is -0.615. The van der Waals surface area contributed by atoms with E-state index in [0.717, 1.165) is 0 Å². The molecule has 1 heterocycles. The lowest BCUT2D eigenvalue weighted by atomic mass is 11.8. The highest BCUT2D eigenvalue weighted by atomic mass is 35.6. The van der Waals surface area contributed by atoms with Crippen LogP contribution in [0, 0.1) is 32.9 Å². The maximum atomic E-state index is 8.97. The minimum Gasteiger partial charge on any atom is -0.301 e. The van der Waals surface area contributed by atoms with Crippen LogP contribution < -0.4 is 13.9 Å². The highest BCUT2D eigenvalue weighted by molar-refractivity contribution is 7.38. The first-order valence-electron chi connectivity index (χ1n) is 3.80. The molecule has 6 nitrogen and oxygen atoms in total. The average Bonchev–Trinajstić information content (AvgIpc) is 2.16. The van der Waals surface area contributed by atoms with E-state index in [4.69, 9.17) is 37.9 Å². The van der Waals surface area contributed by atoms with Gasteiger partial charge in [0.15, 0.2) is 0 Å². The Labute approximate surface area is 99.3 Å². The molecule has 1 aliphatic rings. The lowest BCUT2D eigenvalue weighted by molar-refractivity contribution is 1.13. The molecular formula is C4H6Cl2N6Si3. The molecule has 0 aromatic rings. The van der Waals surface area contributed by atoms with Crippen LogP contribution >= 0.6 is 22.2 Å². The summed E-state index contributed by atoms with van der Waals surface area (Å²) in [5.74, 6) is 0. The van der Waals surface area contributed by atoms with Crippen molar-refractivity contribution < 1.29 is 0 Å². The van der Waals surface area contributed by atoms with Gasteiger partial charge in [0.1, 0.15) is 0 Å². The number of hydrogen-bond acceptors (Lipinski definition) is 6. The zero-order valence-corrected chi connectivity index (χ0v) is 12.1. The van der Waals surface area contributed by atoms with Crippen molar-refractivity contribution in [2.24, 2.45) is 0 Å². The number of nitriles is 3. The van der Waals surface area contributed by atoms with Crippen LogP contribution in [-0.2, 0) is 0 Å². The Morgan fingerprint density at radius 1 is 0.867 bits per heavy atom. The van der Waals surface area contributed by atoms with Crippen molar-refractivity contribution in [3.05, 3.63) is 0 Å². The van der Waals surface area contributed by atoms with E-state index in [1.54, 1.807) is 6.55 Å². The standard InChI is InChI=1S/C4H6Cl2N6Si3/c1-13(2-7)10-14(5,3-8)12-15(6,4-9)11-13/h10-12H,1H3. The lowest BCUT2D eigenvalue weighted by Gasteiger charge is -2.39. The van der Waals surface area contributed by atoms with E-state index >= 15 is 0 Å². The van der Waals surface area contributed by atoms with Crippen molar-refractivity contribution in [3.63, 3.8) is 0 Å². The van der Waals surface area contributed by atoms with Gasteiger partial charge in [0.25, 0.3) is 0 Å². The highest BCUT2D eigenvalue weighted by Gasteiger charge is 2.58. The lowest BCUT2D eigenvalue weighted by Crippen LogP contribution is -2.88. The summed E-state index contributed by atoms with van der Waals surface area (Å²) in [6, 6.07) is 0. The van der Waals surface area contributed by atoms with Crippen LogP contribution in [0.1, 0.15) is 0 Å². The molecule has 0 spiro atoms. The van der Waals surface area contributed by atoms with Crippen molar-refractivity contribution in [2.75, 3.05) is 0 Å². The molecule has 1 saturated heterocycles. The summed E-state index contributed by atoms with van der Waals surface area (Å²) in [5, 5.41) is 26.8. The van der Waals surface area contributed by atoms with E-state index in [2.05, 4.69) is 13.9 Å². The minimum absolute atomic E-state index is 1.62. The maximum Gasteiger partial charge on any atom is 0.406 e. The molecule has 3 N–H and O–H groups in total. The Bertz CT molecular complexity index is 338. The number of hydrogen-bond donors (Lipinski definition) is 3. The van der Waals surface area contributed by atoms with Crippen molar-refractivity contribution >= 4 is 46.0 Å². The monoisotopic (exact) mass is 292 g/mol. The molecule has 2 unspecified atom stereocenters. The predicted molar refractivity (Wildman–Crippen MR) is 61.1 cm³/mol. The van der Waals surface area contributed by atoms with Crippen LogP contribution in [0.5, 0.6) is 0 Å². The second-order valence-corrected chi connectivity index (χ2v) is 15.1. The van der Waals surface area contributed by atoms with Gasteiger partial charge in [0.2, 0.25) is 0 Å².